The van der Waals surface area contributed by atoms with Gasteiger partial charge in [0.05, 0.1) is 27.7 Å². The number of halogens is 1. The van der Waals surface area contributed by atoms with Gasteiger partial charge in [0.15, 0.2) is 0 Å². The van der Waals surface area contributed by atoms with Crippen LogP contribution in [0.4, 0.5) is 0 Å². The summed E-state index contributed by atoms with van der Waals surface area (Å²) in [5, 5.41) is 0. The van der Waals surface area contributed by atoms with E-state index in [0.29, 0.717) is 0 Å². The van der Waals surface area contributed by atoms with Crippen molar-refractivity contribution in [2.45, 2.75) is 13.8 Å². The predicted molar refractivity (Wildman–Crippen MR) is 43.4 cm³/mol. The van der Waals surface area contributed by atoms with E-state index in [9.17, 15) is 0 Å². The third kappa shape index (κ3) is 9.98. The number of ether oxygens (including phenoxy) is 1. The first-order valence-electron chi connectivity index (χ1n) is 3.59. The molecule has 0 heterocycles. The van der Waals surface area contributed by atoms with Crippen LogP contribution < -0.4 is 17.0 Å². The summed E-state index contributed by atoms with van der Waals surface area (Å²) in [4.78, 5) is 0. The van der Waals surface area contributed by atoms with Crippen LogP contribution in [-0.4, -0.2) is 32.2 Å². The van der Waals surface area contributed by atoms with Crippen molar-refractivity contribution >= 4 is 0 Å². The summed E-state index contributed by atoms with van der Waals surface area (Å²) < 4.78 is 6.07. The van der Waals surface area contributed by atoms with Gasteiger partial charge in [-0.05, 0) is 13.8 Å². The molecule has 0 aliphatic carbocycles. The minimum atomic E-state index is 0. The second-order valence-electron chi connectivity index (χ2n) is 3.29. The molecule has 0 saturated heterocycles. The average Bonchev–Trinajstić information content (AvgIpc) is 1.59. The lowest BCUT2D eigenvalue weighted by Crippen LogP contribution is -3.00. The van der Waals surface area contributed by atoms with E-state index in [4.69, 9.17) is 4.74 Å². The van der Waals surface area contributed by atoms with Gasteiger partial charge in [-0.1, -0.05) is 0 Å². The Morgan fingerprint density at radius 2 is 1.82 bits per heavy atom. The fourth-order valence-electron chi connectivity index (χ4n) is 0.810. The van der Waals surface area contributed by atoms with E-state index in [-0.39, 0.29) is 17.0 Å². The lowest BCUT2D eigenvalue weighted by molar-refractivity contribution is -0.818. The lowest BCUT2D eigenvalue weighted by atomic mass is 10.5. The topological polar surface area (TPSA) is 9.23 Å². The maximum atomic E-state index is 5.26. The normalized spacial score (nSPS) is 12.3. The maximum absolute atomic E-state index is 5.26. The van der Waals surface area contributed by atoms with Gasteiger partial charge in [-0.15, -0.1) is 0 Å². The first kappa shape index (κ1) is 13.6. The molecular formula is C8H18BrNO. The van der Waals surface area contributed by atoms with Crippen LogP contribution in [0.25, 0.3) is 0 Å². The number of quaternary nitrogens is 1. The highest BCUT2D eigenvalue weighted by molar-refractivity contribution is 4.80. The van der Waals surface area contributed by atoms with Crippen molar-refractivity contribution in [1.29, 1.82) is 0 Å². The molecular weight excluding hydrogens is 206 g/mol. The summed E-state index contributed by atoms with van der Waals surface area (Å²) in [5.74, 6) is 0.995. The molecule has 0 aliphatic rings. The largest absolute Gasteiger partial charge is 1.00 e. The Morgan fingerprint density at radius 1 is 1.36 bits per heavy atom. The van der Waals surface area contributed by atoms with Gasteiger partial charge in [0, 0.05) is 0 Å². The van der Waals surface area contributed by atoms with Gasteiger partial charge in [0.1, 0.15) is 12.0 Å². The zero-order chi connectivity index (χ0) is 8.20. The molecule has 0 aromatic carbocycles. The number of nitrogens with zero attached hydrogens (tertiary/aromatic N) is 1. The zero-order valence-corrected chi connectivity index (χ0v) is 9.60. The molecule has 0 atom stereocenters. The molecule has 0 aromatic heterocycles. The van der Waals surface area contributed by atoms with Gasteiger partial charge in [-0.25, -0.2) is 0 Å². The van der Waals surface area contributed by atoms with Gasteiger partial charge in [-0.2, -0.15) is 0 Å². The van der Waals surface area contributed by atoms with Crippen LogP contribution in [0.15, 0.2) is 12.0 Å². The SMILES string of the molecule is CCOC(C)=C[N+](C)(C)C.[Br-]. The molecule has 0 unspecified atom stereocenters. The van der Waals surface area contributed by atoms with Gasteiger partial charge in [0.25, 0.3) is 0 Å². The smallest absolute Gasteiger partial charge is 0.146 e. The molecule has 0 amide bonds. The number of hydrogen-bond acceptors (Lipinski definition) is 1. The van der Waals surface area contributed by atoms with Crippen LogP contribution in [0.3, 0.4) is 0 Å². The monoisotopic (exact) mass is 223 g/mol. The molecule has 68 valence electrons. The molecule has 0 aromatic rings. The third-order valence-electron chi connectivity index (χ3n) is 0.941. The fourth-order valence-corrected chi connectivity index (χ4v) is 0.810. The predicted octanol–water partition coefficient (Wildman–Crippen LogP) is -1.41. The van der Waals surface area contributed by atoms with Gasteiger partial charge >= 0.3 is 0 Å². The minimum absolute atomic E-state index is 0. The second-order valence-corrected chi connectivity index (χ2v) is 3.29. The summed E-state index contributed by atoms with van der Waals surface area (Å²) in [6.07, 6.45) is 2.07. The molecule has 0 N–H and O–H groups in total. The van der Waals surface area contributed by atoms with E-state index in [1.807, 2.05) is 13.8 Å². The second kappa shape index (κ2) is 5.61. The van der Waals surface area contributed by atoms with Gasteiger partial charge in [0.2, 0.25) is 0 Å². The Hall–Kier alpha value is -0.0200. The molecule has 11 heavy (non-hydrogen) atoms. The Bertz CT molecular complexity index is 127. The highest BCUT2D eigenvalue weighted by Crippen LogP contribution is 2.00. The quantitative estimate of drug-likeness (QED) is 0.423. The molecule has 0 aliphatic heterocycles. The van der Waals surface area contributed by atoms with Crippen molar-refractivity contribution in [1.82, 2.24) is 0 Å². The molecule has 3 heteroatoms. The van der Waals surface area contributed by atoms with Crippen LogP contribution >= 0.6 is 0 Å². The fraction of sp³-hybridized carbons (Fsp3) is 0.750. The molecule has 0 radical (unpaired) electrons. The highest BCUT2D eigenvalue weighted by atomic mass is 79.9. The van der Waals surface area contributed by atoms with Crippen molar-refractivity contribution in [3.63, 3.8) is 0 Å². The number of rotatable bonds is 3. The van der Waals surface area contributed by atoms with E-state index in [2.05, 4.69) is 27.3 Å². The lowest BCUT2D eigenvalue weighted by Gasteiger charge is -2.18. The van der Waals surface area contributed by atoms with E-state index >= 15 is 0 Å². The van der Waals surface area contributed by atoms with E-state index < -0.39 is 0 Å². The average molecular weight is 224 g/mol. The Labute approximate surface area is 80.2 Å². The van der Waals surface area contributed by atoms with E-state index in [0.717, 1.165) is 16.8 Å². The number of hydrogen-bond donors (Lipinski definition) is 0. The molecule has 0 bridgehead atoms. The summed E-state index contributed by atoms with van der Waals surface area (Å²) >= 11 is 0. The van der Waals surface area contributed by atoms with E-state index in [1.165, 1.54) is 0 Å². The molecule has 0 rings (SSSR count). The molecule has 0 spiro atoms. The van der Waals surface area contributed by atoms with Crippen molar-refractivity contribution < 1.29 is 26.2 Å². The summed E-state index contributed by atoms with van der Waals surface area (Å²) in [6.45, 7) is 4.72. The van der Waals surface area contributed by atoms with Gasteiger partial charge in [-0.3, -0.25) is 0 Å². The summed E-state index contributed by atoms with van der Waals surface area (Å²) in [5.41, 5.74) is 0. The number of allylic oxidation sites excluding steroid dienone is 1. The Kier molecular flexibility index (Phi) is 6.91. The Morgan fingerprint density at radius 3 is 2.09 bits per heavy atom. The molecule has 0 saturated carbocycles. The van der Waals surface area contributed by atoms with Crippen LogP contribution in [0.1, 0.15) is 13.8 Å². The standard InChI is InChI=1S/C8H18NO.BrH/c1-6-10-8(2)7-9(3,4)5;/h7H,6H2,1-5H3;1H/q+1;/p-1. The van der Waals surface area contributed by atoms with E-state index in [1.54, 1.807) is 0 Å². The first-order valence-corrected chi connectivity index (χ1v) is 3.59. The van der Waals surface area contributed by atoms with Crippen LogP contribution in [0.2, 0.25) is 0 Å². The van der Waals surface area contributed by atoms with Crippen molar-refractivity contribution in [2.24, 2.45) is 0 Å². The van der Waals surface area contributed by atoms with Crippen molar-refractivity contribution in [3.8, 4) is 0 Å². The van der Waals surface area contributed by atoms with Crippen LogP contribution in [0, 0.1) is 0 Å². The first-order chi connectivity index (χ1) is 4.45. The maximum Gasteiger partial charge on any atom is 0.146 e. The third-order valence-corrected chi connectivity index (χ3v) is 0.941. The minimum Gasteiger partial charge on any atom is -1.00 e. The summed E-state index contributed by atoms with van der Waals surface area (Å²) in [6, 6.07) is 0. The van der Waals surface area contributed by atoms with Crippen LogP contribution in [-0.2, 0) is 4.74 Å². The van der Waals surface area contributed by atoms with Crippen molar-refractivity contribution in [3.05, 3.63) is 12.0 Å². The zero-order valence-electron chi connectivity index (χ0n) is 8.02. The van der Waals surface area contributed by atoms with Crippen molar-refractivity contribution in [2.75, 3.05) is 27.7 Å². The highest BCUT2D eigenvalue weighted by Gasteiger charge is 2.02. The van der Waals surface area contributed by atoms with Crippen LogP contribution in [0.5, 0.6) is 0 Å². The summed E-state index contributed by atoms with van der Waals surface area (Å²) in [7, 11) is 6.30. The van der Waals surface area contributed by atoms with Gasteiger partial charge < -0.3 is 26.2 Å². The Balaban J connectivity index is 0. The molecule has 2 nitrogen and oxygen atoms in total. The molecule has 0 fully saturated rings.